The largest absolute Gasteiger partial charge is 0.481 e. The van der Waals surface area contributed by atoms with Crippen molar-refractivity contribution in [3.63, 3.8) is 0 Å². The average Bonchev–Trinajstić information content (AvgIpc) is 2.18. The Morgan fingerprint density at radius 2 is 2.00 bits per heavy atom. The van der Waals surface area contributed by atoms with Crippen LogP contribution in [0.4, 0.5) is 0 Å². The maximum atomic E-state index is 10.2. The van der Waals surface area contributed by atoms with Crippen molar-refractivity contribution in [1.82, 2.24) is 0 Å². The molecule has 0 spiro atoms. The number of aliphatic hydroxyl groups excluding tert-OH is 1. The summed E-state index contributed by atoms with van der Waals surface area (Å²) in [5.41, 5.74) is 1.00. The van der Waals surface area contributed by atoms with Gasteiger partial charge in [0.25, 0.3) is 0 Å². The predicted molar refractivity (Wildman–Crippen MR) is 54.4 cm³/mol. The number of aliphatic hydroxyl groups is 1. The van der Waals surface area contributed by atoms with E-state index in [0.29, 0.717) is 6.61 Å². The van der Waals surface area contributed by atoms with Gasteiger partial charge < -0.3 is 14.9 Å². The van der Waals surface area contributed by atoms with Gasteiger partial charge in [-0.1, -0.05) is 30.3 Å². The number of benzene rings is 1. The van der Waals surface area contributed by atoms with Gasteiger partial charge in [-0.15, -0.1) is 0 Å². The van der Waals surface area contributed by atoms with E-state index in [9.17, 15) is 9.90 Å². The third kappa shape index (κ3) is 5.15. The lowest BCUT2D eigenvalue weighted by Crippen LogP contribution is -2.19. The summed E-state index contributed by atoms with van der Waals surface area (Å²) in [6, 6.07) is 9.51. The summed E-state index contributed by atoms with van der Waals surface area (Å²) in [4.78, 5) is 10.2. The lowest BCUT2D eigenvalue weighted by atomic mass is 10.2. The van der Waals surface area contributed by atoms with Gasteiger partial charge in [0, 0.05) is 0 Å². The van der Waals surface area contributed by atoms with Crippen molar-refractivity contribution in [3.8, 4) is 0 Å². The molecule has 82 valence electrons. The fourth-order valence-corrected chi connectivity index (χ4v) is 1.15. The molecule has 0 heterocycles. The zero-order valence-electron chi connectivity index (χ0n) is 8.30. The molecule has 0 saturated heterocycles. The standard InChI is InChI=1S/C11H14O4/c12-10(6-11(13)14)8-15-7-9-4-2-1-3-5-9/h1-5,10,12H,6-8H2,(H,13,14). The van der Waals surface area contributed by atoms with E-state index in [4.69, 9.17) is 9.84 Å². The number of rotatable bonds is 6. The molecule has 0 saturated carbocycles. The lowest BCUT2D eigenvalue weighted by Gasteiger charge is -2.08. The van der Waals surface area contributed by atoms with Crippen LogP contribution in [0, 0.1) is 0 Å². The number of hydrogen-bond donors (Lipinski definition) is 2. The Morgan fingerprint density at radius 1 is 1.33 bits per heavy atom. The molecule has 15 heavy (non-hydrogen) atoms. The monoisotopic (exact) mass is 210 g/mol. The summed E-state index contributed by atoms with van der Waals surface area (Å²) in [5.74, 6) is -1.02. The zero-order valence-corrected chi connectivity index (χ0v) is 8.30. The molecule has 0 amide bonds. The maximum Gasteiger partial charge on any atom is 0.306 e. The van der Waals surface area contributed by atoms with Gasteiger partial charge in [-0.2, -0.15) is 0 Å². The van der Waals surface area contributed by atoms with Crippen molar-refractivity contribution in [3.05, 3.63) is 35.9 Å². The maximum absolute atomic E-state index is 10.2. The Kier molecular flexibility index (Phi) is 4.80. The van der Waals surface area contributed by atoms with Crippen molar-refractivity contribution in [1.29, 1.82) is 0 Å². The average molecular weight is 210 g/mol. The molecule has 1 aromatic rings. The number of ether oxygens (including phenoxy) is 1. The molecule has 0 fully saturated rings. The van der Waals surface area contributed by atoms with Gasteiger partial charge in [0.1, 0.15) is 0 Å². The molecule has 0 aromatic heterocycles. The SMILES string of the molecule is O=C(O)CC(O)COCc1ccccc1. The van der Waals surface area contributed by atoms with Crippen molar-refractivity contribution in [2.45, 2.75) is 19.1 Å². The number of carboxylic acid groups (broad SMARTS) is 1. The summed E-state index contributed by atoms with van der Waals surface area (Å²) < 4.78 is 5.17. The van der Waals surface area contributed by atoms with Crippen LogP contribution in [0.25, 0.3) is 0 Å². The summed E-state index contributed by atoms with van der Waals surface area (Å²) in [6.45, 7) is 0.429. The van der Waals surface area contributed by atoms with Crippen LogP contribution in [0.3, 0.4) is 0 Å². The molecule has 1 unspecified atom stereocenters. The van der Waals surface area contributed by atoms with E-state index in [1.807, 2.05) is 30.3 Å². The van der Waals surface area contributed by atoms with Crippen LogP contribution >= 0.6 is 0 Å². The molecule has 0 bridgehead atoms. The Labute approximate surface area is 88.1 Å². The summed E-state index contributed by atoms with van der Waals surface area (Å²) in [5, 5.41) is 17.6. The van der Waals surface area contributed by atoms with Crippen molar-refractivity contribution < 1.29 is 19.7 Å². The molecule has 2 N–H and O–H groups in total. The van der Waals surface area contributed by atoms with Crippen LogP contribution in [0.15, 0.2) is 30.3 Å². The second kappa shape index (κ2) is 6.16. The van der Waals surface area contributed by atoms with E-state index in [-0.39, 0.29) is 13.0 Å². The number of aliphatic carboxylic acids is 1. The van der Waals surface area contributed by atoms with E-state index < -0.39 is 12.1 Å². The smallest absolute Gasteiger partial charge is 0.306 e. The fourth-order valence-electron chi connectivity index (χ4n) is 1.15. The molecule has 1 rings (SSSR count). The minimum atomic E-state index is -1.02. The molecular formula is C11H14O4. The second-order valence-corrected chi connectivity index (χ2v) is 3.25. The molecule has 0 aliphatic heterocycles. The third-order valence-corrected chi connectivity index (χ3v) is 1.83. The first kappa shape index (κ1) is 11.7. The first-order valence-corrected chi connectivity index (χ1v) is 4.70. The number of carboxylic acids is 1. The fraction of sp³-hybridized carbons (Fsp3) is 0.364. The van der Waals surface area contributed by atoms with E-state index in [0.717, 1.165) is 5.56 Å². The van der Waals surface area contributed by atoms with Gasteiger partial charge in [-0.05, 0) is 5.56 Å². The number of hydrogen-bond acceptors (Lipinski definition) is 3. The van der Waals surface area contributed by atoms with Crippen molar-refractivity contribution in [2.75, 3.05) is 6.61 Å². The highest BCUT2D eigenvalue weighted by atomic mass is 16.5. The Hall–Kier alpha value is -1.39. The van der Waals surface area contributed by atoms with Gasteiger partial charge in [0.15, 0.2) is 0 Å². The van der Waals surface area contributed by atoms with Crippen LogP contribution in [-0.4, -0.2) is 28.9 Å². The summed E-state index contributed by atoms with van der Waals surface area (Å²) in [6.07, 6.45) is -1.22. The van der Waals surface area contributed by atoms with Crippen molar-refractivity contribution in [2.24, 2.45) is 0 Å². The molecule has 1 atom stereocenters. The van der Waals surface area contributed by atoms with E-state index in [1.165, 1.54) is 0 Å². The predicted octanol–water partition coefficient (Wildman–Crippen LogP) is 1.04. The minimum absolute atomic E-state index is 0.0429. The molecule has 0 aliphatic rings. The molecular weight excluding hydrogens is 196 g/mol. The first-order chi connectivity index (χ1) is 7.18. The van der Waals surface area contributed by atoms with Gasteiger partial charge in [-0.25, -0.2) is 0 Å². The summed E-state index contributed by atoms with van der Waals surface area (Å²) in [7, 11) is 0. The van der Waals surface area contributed by atoms with Crippen LogP contribution < -0.4 is 0 Å². The van der Waals surface area contributed by atoms with Gasteiger partial charge >= 0.3 is 5.97 Å². The van der Waals surface area contributed by atoms with Gasteiger partial charge in [0.05, 0.1) is 25.7 Å². The van der Waals surface area contributed by atoms with Crippen LogP contribution in [0.2, 0.25) is 0 Å². The van der Waals surface area contributed by atoms with Crippen molar-refractivity contribution >= 4 is 5.97 Å². The Bertz CT molecular complexity index is 297. The van der Waals surface area contributed by atoms with E-state index in [1.54, 1.807) is 0 Å². The Morgan fingerprint density at radius 3 is 2.60 bits per heavy atom. The molecule has 4 heteroatoms. The second-order valence-electron chi connectivity index (χ2n) is 3.25. The lowest BCUT2D eigenvalue weighted by molar-refractivity contribution is -0.140. The highest BCUT2D eigenvalue weighted by Gasteiger charge is 2.08. The van der Waals surface area contributed by atoms with Crippen LogP contribution in [0.5, 0.6) is 0 Å². The minimum Gasteiger partial charge on any atom is -0.481 e. The van der Waals surface area contributed by atoms with Crippen LogP contribution in [0.1, 0.15) is 12.0 Å². The molecule has 4 nitrogen and oxygen atoms in total. The molecule has 0 aliphatic carbocycles. The highest BCUT2D eigenvalue weighted by molar-refractivity contribution is 5.67. The topological polar surface area (TPSA) is 66.8 Å². The van der Waals surface area contributed by atoms with Gasteiger partial charge in [0.2, 0.25) is 0 Å². The van der Waals surface area contributed by atoms with Gasteiger partial charge in [-0.3, -0.25) is 4.79 Å². The molecule has 1 aromatic carbocycles. The highest BCUT2D eigenvalue weighted by Crippen LogP contribution is 2.01. The van der Waals surface area contributed by atoms with E-state index >= 15 is 0 Å². The quantitative estimate of drug-likeness (QED) is 0.736. The van der Waals surface area contributed by atoms with E-state index in [2.05, 4.69) is 0 Å². The summed E-state index contributed by atoms with van der Waals surface area (Å²) >= 11 is 0. The van der Waals surface area contributed by atoms with Crippen LogP contribution in [-0.2, 0) is 16.1 Å². The zero-order chi connectivity index (χ0) is 11.1. The third-order valence-electron chi connectivity index (χ3n) is 1.83. The first-order valence-electron chi connectivity index (χ1n) is 4.70. The Balaban J connectivity index is 2.19. The molecule has 0 radical (unpaired) electrons. The normalized spacial score (nSPS) is 12.3. The number of carbonyl (C=O) groups is 1.